The molecule has 1 fully saturated rings. The second kappa shape index (κ2) is 7.88. The standard InChI is InChI=1S/C15H22FNOS/c16-13-4-6-15(7-5-13)19-12-10-17-9-2-1-3-14(17)8-11-18/h4-7,14,18H,1-3,8-12H2. The lowest BCUT2D eigenvalue weighted by molar-refractivity contribution is 0.126. The van der Waals surface area contributed by atoms with E-state index in [1.807, 2.05) is 12.1 Å². The smallest absolute Gasteiger partial charge is 0.123 e. The molecule has 19 heavy (non-hydrogen) atoms. The van der Waals surface area contributed by atoms with Crippen molar-refractivity contribution in [3.8, 4) is 0 Å². The molecular weight excluding hydrogens is 261 g/mol. The Hall–Kier alpha value is -0.580. The maximum atomic E-state index is 12.8. The van der Waals surface area contributed by atoms with E-state index in [1.54, 1.807) is 11.8 Å². The van der Waals surface area contributed by atoms with Gasteiger partial charge >= 0.3 is 0 Å². The molecule has 106 valence electrons. The topological polar surface area (TPSA) is 23.5 Å². The number of halogens is 1. The highest BCUT2D eigenvalue weighted by molar-refractivity contribution is 7.99. The molecule has 1 saturated heterocycles. The molecule has 1 unspecified atom stereocenters. The Kier molecular flexibility index (Phi) is 6.14. The summed E-state index contributed by atoms with van der Waals surface area (Å²) in [5.41, 5.74) is 0. The van der Waals surface area contributed by atoms with Crippen molar-refractivity contribution in [2.24, 2.45) is 0 Å². The molecule has 0 saturated carbocycles. The summed E-state index contributed by atoms with van der Waals surface area (Å²) in [6.07, 6.45) is 4.65. The van der Waals surface area contributed by atoms with Gasteiger partial charge in [-0.25, -0.2) is 4.39 Å². The van der Waals surface area contributed by atoms with E-state index < -0.39 is 0 Å². The molecule has 4 heteroatoms. The number of thioether (sulfide) groups is 1. The Morgan fingerprint density at radius 3 is 2.79 bits per heavy atom. The molecule has 0 amide bonds. The Labute approximate surface area is 119 Å². The third-order valence-electron chi connectivity index (χ3n) is 3.67. The van der Waals surface area contributed by atoms with Crippen molar-refractivity contribution in [3.63, 3.8) is 0 Å². The van der Waals surface area contributed by atoms with Crippen LogP contribution in [0, 0.1) is 5.82 Å². The van der Waals surface area contributed by atoms with E-state index in [2.05, 4.69) is 4.90 Å². The van der Waals surface area contributed by atoms with Crippen LogP contribution in [-0.2, 0) is 0 Å². The molecule has 0 radical (unpaired) electrons. The summed E-state index contributed by atoms with van der Waals surface area (Å²) in [5, 5.41) is 9.10. The van der Waals surface area contributed by atoms with Crippen molar-refractivity contribution in [3.05, 3.63) is 30.1 Å². The Bertz CT molecular complexity index is 369. The average Bonchev–Trinajstić information content (AvgIpc) is 2.43. The van der Waals surface area contributed by atoms with Crippen LogP contribution in [0.15, 0.2) is 29.2 Å². The Morgan fingerprint density at radius 1 is 1.26 bits per heavy atom. The number of piperidine rings is 1. The number of nitrogens with zero attached hydrogens (tertiary/aromatic N) is 1. The molecule has 2 nitrogen and oxygen atoms in total. The molecular formula is C15H22FNOS. The number of benzene rings is 1. The number of aliphatic hydroxyl groups is 1. The van der Waals surface area contributed by atoms with Gasteiger partial charge in [0, 0.05) is 29.8 Å². The van der Waals surface area contributed by atoms with E-state index in [4.69, 9.17) is 5.11 Å². The molecule has 2 rings (SSSR count). The van der Waals surface area contributed by atoms with Gasteiger partial charge in [-0.05, 0) is 50.1 Å². The predicted octanol–water partition coefficient (Wildman–Crippen LogP) is 3.15. The first kappa shape index (κ1) is 14.8. The van der Waals surface area contributed by atoms with Gasteiger partial charge in [-0.2, -0.15) is 0 Å². The minimum atomic E-state index is -0.177. The molecule has 1 aromatic rings. The second-order valence-corrected chi connectivity index (χ2v) is 6.17. The van der Waals surface area contributed by atoms with Crippen LogP contribution in [0.5, 0.6) is 0 Å². The molecule has 1 heterocycles. The lowest BCUT2D eigenvalue weighted by Gasteiger charge is -2.35. The summed E-state index contributed by atoms with van der Waals surface area (Å²) in [6.45, 7) is 2.48. The highest BCUT2D eigenvalue weighted by atomic mass is 32.2. The van der Waals surface area contributed by atoms with Crippen molar-refractivity contribution in [1.82, 2.24) is 4.90 Å². The SMILES string of the molecule is OCCC1CCCCN1CCSc1ccc(F)cc1. The largest absolute Gasteiger partial charge is 0.396 e. The third kappa shape index (κ3) is 4.79. The van der Waals surface area contributed by atoms with Crippen molar-refractivity contribution in [2.75, 3.05) is 25.4 Å². The second-order valence-electron chi connectivity index (χ2n) is 5.00. The van der Waals surface area contributed by atoms with Crippen LogP contribution in [0.1, 0.15) is 25.7 Å². The van der Waals surface area contributed by atoms with Gasteiger partial charge in [-0.1, -0.05) is 6.42 Å². The van der Waals surface area contributed by atoms with Gasteiger partial charge < -0.3 is 5.11 Å². The highest BCUT2D eigenvalue weighted by Crippen LogP contribution is 2.22. The molecule has 0 spiro atoms. The first-order valence-electron chi connectivity index (χ1n) is 7.03. The lowest BCUT2D eigenvalue weighted by atomic mass is 10.00. The first-order chi connectivity index (χ1) is 9.29. The van der Waals surface area contributed by atoms with E-state index >= 15 is 0 Å². The quantitative estimate of drug-likeness (QED) is 0.811. The number of hydrogen-bond donors (Lipinski definition) is 1. The lowest BCUT2D eigenvalue weighted by Crippen LogP contribution is -2.41. The monoisotopic (exact) mass is 283 g/mol. The minimum Gasteiger partial charge on any atom is -0.396 e. The van der Waals surface area contributed by atoms with E-state index in [1.165, 1.54) is 31.4 Å². The first-order valence-corrected chi connectivity index (χ1v) is 8.01. The maximum absolute atomic E-state index is 12.8. The maximum Gasteiger partial charge on any atom is 0.123 e. The van der Waals surface area contributed by atoms with Crippen LogP contribution < -0.4 is 0 Å². The molecule has 1 aliphatic rings. The van der Waals surface area contributed by atoms with E-state index in [0.29, 0.717) is 6.04 Å². The highest BCUT2D eigenvalue weighted by Gasteiger charge is 2.21. The fraction of sp³-hybridized carbons (Fsp3) is 0.600. The van der Waals surface area contributed by atoms with E-state index in [0.717, 1.165) is 30.2 Å². The van der Waals surface area contributed by atoms with Gasteiger partial charge in [0.2, 0.25) is 0 Å². The Morgan fingerprint density at radius 2 is 2.05 bits per heavy atom. The van der Waals surface area contributed by atoms with Crippen LogP contribution in [0.25, 0.3) is 0 Å². The van der Waals surface area contributed by atoms with E-state index in [9.17, 15) is 4.39 Å². The van der Waals surface area contributed by atoms with Gasteiger partial charge in [0.05, 0.1) is 0 Å². The third-order valence-corrected chi connectivity index (χ3v) is 4.66. The molecule has 1 N–H and O–H groups in total. The Balaban J connectivity index is 1.75. The van der Waals surface area contributed by atoms with Crippen molar-refractivity contribution >= 4 is 11.8 Å². The number of rotatable bonds is 6. The van der Waals surface area contributed by atoms with Crippen LogP contribution in [-0.4, -0.2) is 41.5 Å². The van der Waals surface area contributed by atoms with Crippen LogP contribution >= 0.6 is 11.8 Å². The zero-order chi connectivity index (χ0) is 13.5. The van der Waals surface area contributed by atoms with Crippen molar-refractivity contribution in [2.45, 2.75) is 36.6 Å². The number of likely N-dealkylation sites (tertiary alicyclic amines) is 1. The fourth-order valence-electron chi connectivity index (χ4n) is 2.64. The summed E-state index contributed by atoms with van der Waals surface area (Å²) in [5.74, 6) is 0.844. The van der Waals surface area contributed by atoms with Crippen LogP contribution in [0.4, 0.5) is 4.39 Å². The van der Waals surface area contributed by atoms with Gasteiger partial charge in [0.15, 0.2) is 0 Å². The van der Waals surface area contributed by atoms with Gasteiger partial charge in [0.25, 0.3) is 0 Å². The van der Waals surface area contributed by atoms with Gasteiger partial charge in [-0.15, -0.1) is 11.8 Å². The molecule has 0 aliphatic carbocycles. The normalized spacial score (nSPS) is 20.6. The predicted molar refractivity (Wildman–Crippen MR) is 78.0 cm³/mol. The molecule has 1 aromatic carbocycles. The molecule has 0 aromatic heterocycles. The molecule has 0 bridgehead atoms. The molecule has 1 atom stereocenters. The number of hydrogen-bond acceptors (Lipinski definition) is 3. The zero-order valence-corrected chi connectivity index (χ0v) is 12.0. The number of aliphatic hydroxyl groups excluding tert-OH is 1. The minimum absolute atomic E-state index is 0.177. The van der Waals surface area contributed by atoms with Crippen molar-refractivity contribution in [1.29, 1.82) is 0 Å². The zero-order valence-electron chi connectivity index (χ0n) is 11.2. The van der Waals surface area contributed by atoms with Gasteiger partial charge in [-0.3, -0.25) is 4.90 Å². The van der Waals surface area contributed by atoms with Crippen LogP contribution in [0.2, 0.25) is 0 Å². The van der Waals surface area contributed by atoms with Crippen molar-refractivity contribution < 1.29 is 9.50 Å². The summed E-state index contributed by atoms with van der Waals surface area (Å²) in [4.78, 5) is 3.62. The summed E-state index contributed by atoms with van der Waals surface area (Å²) < 4.78 is 12.8. The fourth-order valence-corrected chi connectivity index (χ4v) is 3.53. The van der Waals surface area contributed by atoms with Crippen LogP contribution in [0.3, 0.4) is 0 Å². The molecule has 1 aliphatic heterocycles. The van der Waals surface area contributed by atoms with E-state index in [-0.39, 0.29) is 12.4 Å². The average molecular weight is 283 g/mol. The van der Waals surface area contributed by atoms with Gasteiger partial charge in [0.1, 0.15) is 5.82 Å². The summed E-state index contributed by atoms with van der Waals surface area (Å²) in [7, 11) is 0. The summed E-state index contributed by atoms with van der Waals surface area (Å²) in [6, 6.07) is 7.24. The summed E-state index contributed by atoms with van der Waals surface area (Å²) >= 11 is 1.77.